The molecule has 16 heavy (non-hydrogen) atoms. The van der Waals surface area contributed by atoms with Gasteiger partial charge in [-0.15, -0.1) is 0 Å². The van der Waals surface area contributed by atoms with Crippen LogP contribution in [0.25, 0.3) is 0 Å². The quantitative estimate of drug-likeness (QED) is 0.770. The topological polar surface area (TPSA) is 43.4 Å². The Balaban J connectivity index is 1.94. The van der Waals surface area contributed by atoms with E-state index in [1.165, 1.54) is 12.3 Å². The summed E-state index contributed by atoms with van der Waals surface area (Å²) in [6, 6.07) is 1.94. The predicted molar refractivity (Wildman–Crippen MR) is 57.3 cm³/mol. The number of rotatable bonds is 5. The van der Waals surface area contributed by atoms with E-state index in [1.54, 1.807) is 6.92 Å². The van der Waals surface area contributed by atoms with E-state index < -0.39 is 5.95 Å². The van der Waals surface area contributed by atoms with E-state index in [9.17, 15) is 4.39 Å². The molecule has 2 heterocycles. The van der Waals surface area contributed by atoms with Crippen molar-refractivity contribution in [2.24, 2.45) is 0 Å². The van der Waals surface area contributed by atoms with Gasteiger partial charge in [0, 0.05) is 12.1 Å². The van der Waals surface area contributed by atoms with Crippen LogP contribution in [0.2, 0.25) is 0 Å². The Bertz CT molecular complexity index is 356. The first kappa shape index (κ1) is 11.1. The van der Waals surface area contributed by atoms with E-state index >= 15 is 0 Å². The van der Waals surface area contributed by atoms with E-state index in [1.807, 2.05) is 0 Å². The summed E-state index contributed by atoms with van der Waals surface area (Å²) in [5, 5.41) is 3.22. The van der Waals surface area contributed by atoms with Crippen molar-refractivity contribution in [3.63, 3.8) is 0 Å². The van der Waals surface area contributed by atoms with E-state index in [2.05, 4.69) is 10.3 Å². The summed E-state index contributed by atoms with van der Waals surface area (Å²) < 4.78 is 23.7. The number of pyridine rings is 1. The normalized spacial score (nSPS) is 19.0. The summed E-state index contributed by atoms with van der Waals surface area (Å²) in [5.74, 6) is 0.0797. The molecular formula is C11H15FN2O2. The molecule has 0 spiro atoms. The van der Waals surface area contributed by atoms with Crippen molar-refractivity contribution in [2.45, 2.75) is 19.4 Å². The molecule has 1 aliphatic rings. The second-order valence-electron chi connectivity index (χ2n) is 3.64. The van der Waals surface area contributed by atoms with Crippen LogP contribution in [0.3, 0.4) is 0 Å². The fourth-order valence-electron chi connectivity index (χ4n) is 1.43. The predicted octanol–water partition coefficient (Wildman–Crippen LogP) is 1.36. The van der Waals surface area contributed by atoms with E-state index in [4.69, 9.17) is 9.47 Å². The first-order valence-corrected chi connectivity index (χ1v) is 5.44. The Morgan fingerprint density at radius 2 is 2.38 bits per heavy atom. The lowest BCUT2D eigenvalue weighted by atomic mass is 10.1. The number of hydrogen-bond acceptors (Lipinski definition) is 4. The molecule has 1 atom stereocenters. The molecule has 0 unspecified atom stereocenters. The molecule has 1 aliphatic heterocycles. The van der Waals surface area contributed by atoms with Gasteiger partial charge >= 0.3 is 0 Å². The van der Waals surface area contributed by atoms with Crippen LogP contribution >= 0.6 is 0 Å². The molecule has 5 heteroatoms. The second-order valence-corrected chi connectivity index (χ2v) is 3.64. The Morgan fingerprint density at radius 3 is 3.00 bits per heavy atom. The van der Waals surface area contributed by atoms with Crippen LogP contribution < -0.4 is 14.8 Å². The van der Waals surface area contributed by atoms with E-state index in [0.29, 0.717) is 25.0 Å². The maximum absolute atomic E-state index is 13.1. The summed E-state index contributed by atoms with van der Waals surface area (Å²) in [5.41, 5.74) is 0. The van der Waals surface area contributed by atoms with Crippen molar-refractivity contribution in [2.75, 3.05) is 19.8 Å². The largest absolute Gasteiger partial charge is 0.490 e. The summed E-state index contributed by atoms with van der Waals surface area (Å²) >= 11 is 0. The Labute approximate surface area is 93.8 Å². The molecule has 1 fully saturated rings. The molecule has 2 rings (SSSR count). The number of nitrogens with one attached hydrogen (secondary N) is 1. The van der Waals surface area contributed by atoms with E-state index in [0.717, 1.165) is 13.0 Å². The Kier molecular flexibility index (Phi) is 3.56. The summed E-state index contributed by atoms with van der Waals surface area (Å²) in [6.07, 6.45) is 2.49. The third-order valence-corrected chi connectivity index (χ3v) is 2.46. The maximum Gasteiger partial charge on any atom is 0.255 e. The lowest BCUT2D eigenvalue weighted by molar-refractivity contribution is 0.215. The van der Waals surface area contributed by atoms with E-state index in [-0.39, 0.29) is 5.75 Å². The smallest absolute Gasteiger partial charge is 0.255 e. The van der Waals surface area contributed by atoms with Gasteiger partial charge in [-0.25, -0.2) is 4.98 Å². The van der Waals surface area contributed by atoms with Gasteiger partial charge in [0.2, 0.25) is 0 Å². The summed E-state index contributed by atoms with van der Waals surface area (Å²) in [4.78, 5) is 3.58. The molecule has 0 bridgehead atoms. The van der Waals surface area contributed by atoms with Gasteiger partial charge in [0.1, 0.15) is 12.4 Å². The Hall–Kier alpha value is -1.36. The van der Waals surface area contributed by atoms with Gasteiger partial charge in [0.15, 0.2) is 5.75 Å². The summed E-state index contributed by atoms with van der Waals surface area (Å²) in [6.45, 7) is 3.83. The van der Waals surface area contributed by atoms with Crippen molar-refractivity contribution < 1.29 is 13.9 Å². The number of hydrogen-bond donors (Lipinski definition) is 1. The van der Waals surface area contributed by atoms with Crippen LogP contribution in [0.5, 0.6) is 11.5 Å². The van der Waals surface area contributed by atoms with Gasteiger partial charge in [0.05, 0.1) is 12.8 Å². The highest BCUT2D eigenvalue weighted by Gasteiger charge is 2.17. The summed E-state index contributed by atoms with van der Waals surface area (Å²) in [7, 11) is 0. The molecule has 1 aromatic heterocycles. The van der Waals surface area contributed by atoms with Gasteiger partial charge in [-0.2, -0.15) is 4.39 Å². The molecular weight excluding hydrogens is 211 g/mol. The van der Waals surface area contributed by atoms with Gasteiger partial charge in [-0.05, 0) is 19.9 Å². The zero-order valence-corrected chi connectivity index (χ0v) is 9.20. The van der Waals surface area contributed by atoms with Crippen molar-refractivity contribution in [1.82, 2.24) is 10.3 Å². The minimum atomic E-state index is -0.601. The first-order chi connectivity index (χ1) is 7.79. The first-order valence-electron chi connectivity index (χ1n) is 5.44. The number of halogens is 1. The molecule has 4 nitrogen and oxygen atoms in total. The fourth-order valence-corrected chi connectivity index (χ4v) is 1.43. The van der Waals surface area contributed by atoms with Crippen molar-refractivity contribution in [1.29, 1.82) is 0 Å². The van der Waals surface area contributed by atoms with Crippen LogP contribution in [0, 0.1) is 5.95 Å². The molecule has 88 valence electrons. The van der Waals surface area contributed by atoms with Gasteiger partial charge < -0.3 is 14.8 Å². The third kappa shape index (κ3) is 2.61. The van der Waals surface area contributed by atoms with Crippen LogP contribution in [-0.4, -0.2) is 30.8 Å². The third-order valence-electron chi connectivity index (χ3n) is 2.46. The van der Waals surface area contributed by atoms with Crippen molar-refractivity contribution >= 4 is 0 Å². The fraction of sp³-hybridized carbons (Fsp3) is 0.545. The molecule has 0 radical (unpaired) electrons. The van der Waals surface area contributed by atoms with Gasteiger partial charge in [-0.1, -0.05) is 0 Å². The van der Waals surface area contributed by atoms with Crippen LogP contribution in [0.15, 0.2) is 12.3 Å². The number of ether oxygens (including phenoxy) is 2. The Morgan fingerprint density at radius 1 is 1.56 bits per heavy atom. The van der Waals surface area contributed by atoms with Crippen LogP contribution in [0.4, 0.5) is 4.39 Å². The molecule has 1 aromatic rings. The lowest BCUT2D eigenvalue weighted by Crippen LogP contribution is -2.46. The van der Waals surface area contributed by atoms with Gasteiger partial charge in [-0.3, -0.25) is 0 Å². The molecule has 1 saturated heterocycles. The molecule has 0 amide bonds. The highest BCUT2D eigenvalue weighted by atomic mass is 19.1. The van der Waals surface area contributed by atoms with Crippen LogP contribution in [-0.2, 0) is 0 Å². The lowest BCUT2D eigenvalue weighted by Gasteiger charge is -2.27. The highest BCUT2D eigenvalue weighted by Crippen LogP contribution is 2.21. The zero-order valence-electron chi connectivity index (χ0n) is 9.20. The zero-order chi connectivity index (χ0) is 11.4. The average Bonchev–Trinajstić information content (AvgIpc) is 2.21. The van der Waals surface area contributed by atoms with Crippen molar-refractivity contribution in [3.05, 3.63) is 18.2 Å². The SMILES string of the molecule is CCOc1cc(OC[C@H]2CCN2)cnc1F. The molecule has 0 saturated carbocycles. The molecule has 0 aliphatic carbocycles. The minimum Gasteiger partial charge on any atom is -0.490 e. The molecule has 1 N–H and O–H groups in total. The number of aromatic nitrogens is 1. The standard InChI is InChI=1S/C11H15FN2O2/c1-2-15-10-5-9(6-14-11(10)12)16-7-8-3-4-13-8/h5-6,8,13H,2-4,7H2,1H3/t8-/m1/s1. The monoisotopic (exact) mass is 226 g/mol. The average molecular weight is 226 g/mol. The van der Waals surface area contributed by atoms with Crippen LogP contribution in [0.1, 0.15) is 13.3 Å². The minimum absolute atomic E-state index is 0.140. The number of nitrogens with zero attached hydrogens (tertiary/aromatic N) is 1. The maximum atomic E-state index is 13.1. The van der Waals surface area contributed by atoms with Gasteiger partial charge in [0.25, 0.3) is 5.95 Å². The second kappa shape index (κ2) is 5.12. The molecule has 0 aromatic carbocycles. The highest BCUT2D eigenvalue weighted by molar-refractivity contribution is 5.29. The van der Waals surface area contributed by atoms with Crippen molar-refractivity contribution in [3.8, 4) is 11.5 Å².